The topological polar surface area (TPSA) is 24.9 Å². The summed E-state index contributed by atoms with van der Waals surface area (Å²) in [5.74, 6) is 1.62. The van der Waals surface area contributed by atoms with Crippen molar-refractivity contribution in [1.82, 2.24) is 0 Å². The molecule has 0 radical (unpaired) electrons. The molecule has 0 heterocycles. The molecule has 0 aliphatic heterocycles. The van der Waals surface area contributed by atoms with Gasteiger partial charge in [0.25, 0.3) is 0 Å². The van der Waals surface area contributed by atoms with Crippen LogP contribution in [0.25, 0.3) is 47.1 Å². The molecule has 12 aromatic carbocycles. The highest BCUT2D eigenvalue weighted by atomic mass is 16.5. The van der Waals surface area contributed by atoms with Crippen LogP contribution >= 0.6 is 0 Å². The predicted octanol–water partition coefficient (Wildman–Crippen LogP) is 21.6. The summed E-state index contributed by atoms with van der Waals surface area (Å²) in [4.78, 5) is 4.58. The summed E-state index contributed by atoms with van der Waals surface area (Å²) in [6.45, 7) is 0. The zero-order valence-corrected chi connectivity index (χ0v) is 48.2. The summed E-state index contributed by atoms with van der Waals surface area (Å²) < 4.78 is 11.1. The summed E-state index contributed by atoms with van der Waals surface area (Å²) in [6.07, 6.45) is 11.2. The number of rotatable bonds is 19. The highest BCUT2D eigenvalue weighted by Gasteiger charge is 2.17. The van der Waals surface area contributed by atoms with Crippen LogP contribution < -0.4 is 19.3 Å². The number of anilines is 6. The Kier molecular flexibility index (Phi) is 17.2. The van der Waals surface area contributed by atoms with Gasteiger partial charge in [0.05, 0.1) is 14.2 Å². The van der Waals surface area contributed by atoms with Crippen molar-refractivity contribution in [2.75, 3.05) is 24.0 Å². The van der Waals surface area contributed by atoms with E-state index in [4.69, 9.17) is 9.47 Å². The van der Waals surface area contributed by atoms with Gasteiger partial charge in [-0.3, -0.25) is 0 Å². The molecule has 0 bridgehead atoms. The fourth-order valence-electron chi connectivity index (χ4n) is 10.8. The molecule has 0 saturated carbocycles. The minimum Gasteiger partial charge on any atom is -0.497 e. The number of ether oxygens (including phenoxy) is 2. The Balaban J connectivity index is 0.838. The molecule has 0 aliphatic rings. The van der Waals surface area contributed by atoms with Gasteiger partial charge in [-0.15, -0.1) is 0 Å². The quantitative estimate of drug-likeness (QED) is 0.0754. The molecule has 4 heteroatoms. The van der Waals surface area contributed by atoms with Crippen LogP contribution in [-0.4, -0.2) is 14.2 Å². The molecule has 0 N–H and O–H groups in total. The zero-order chi connectivity index (χ0) is 58.3. The van der Waals surface area contributed by atoms with Crippen LogP contribution in [0.2, 0.25) is 0 Å². The zero-order valence-electron chi connectivity index (χ0n) is 48.2. The molecular formula is C82H64N2O2. The minimum atomic E-state index is 0.809. The Morgan fingerprint density at radius 1 is 0.221 bits per heavy atom. The van der Waals surface area contributed by atoms with E-state index >= 15 is 0 Å². The maximum atomic E-state index is 5.59. The third kappa shape index (κ3) is 13.3. The van der Waals surface area contributed by atoms with E-state index in [-0.39, 0.29) is 0 Å². The highest BCUT2D eigenvalue weighted by Crippen LogP contribution is 2.40. The van der Waals surface area contributed by atoms with E-state index in [1.54, 1.807) is 14.2 Å². The Morgan fingerprint density at radius 3 is 0.686 bits per heavy atom. The molecule has 12 rings (SSSR count). The maximum Gasteiger partial charge on any atom is 0.119 e. The van der Waals surface area contributed by atoms with E-state index in [1.165, 1.54) is 22.3 Å². The molecule has 0 aliphatic carbocycles. The van der Waals surface area contributed by atoms with Gasteiger partial charge in [-0.1, -0.05) is 237 Å². The van der Waals surface area contributed by atoms with Crippen molar-refractivity contribution in [3.05, 3.63) is 383 Å². The first-order valence-electron chi connectivity index (χ1n) is 29.0. The molecule has 0 spiro atoms. The molecule has 0 amide bonds. The van der Waals surface area contributed by atoms with Crippen molar-refractivity contribution in [3.63, 3.8) is 0 Å². The molecule has 86 heavy (non-hydrogen) atoms. The minimum absolute atomic E-state index is 0.809. The van der Waals surface area contributed by atoms with E-state index in [2.05, 4.69) is 331 Å². The van der Waals surface area contributed by atoms with Crippen molar-refractivity contribution in [3.8, 4) is 11.5 Å². The summed E-state index contributed by atoms with van der Waals surface area (Å²) in [5, 5.41) is 0. The van der Waals surface area contributed by atoms with Gasteiger partial charge in [-0.25, -0.2) is 0 Å². The van der Waals surface area contributed by atoms with E-state index in [1.807, 2.05) is 30.3 Å². The third-order valence-corrected chi connectivity index (χ3v) is 15.3. The van der Waals surface area contributed by atoms with Crippen LogP contribution in [0.5, 0.6) is 11.5 Å². The number of nitrogens with zero attached hydrogens (tertiary/aromatic N) is 2. The fourth-order valence-corrected chi connectivity index (χ4v) is 10.8. The monoisotopic (exact) mass is 1110 g/mol. The average Bonchev–Trinajstić information content (AvgIpc) is 2.51. The third-order valence-electron chi connectivity index (χ3n) is 15.3. The SMILES string of the molecule is COc1ccc(N(c2ccc(C=Cc3ccccc3)cc2)c2ccc(C=C(c3ccccc3)c3ccc(C(=Cc4ccc(N(c5ccc(C=C(c6ccccc6)c6ccccc6)cc5)c5ccc(OC)cc5)cc4)c4ccccc4)cc3)cc2)cc1. The predicted molar refractivity (Wildman–Crippen MR) is 364 cm³/mol. The molecular weight excluding hydrogens is 1040 g/mol. The van der Waals surface area contributed by atoms with Gasteiger partial charge in [0.15, 0.2) is 0 Å². The summed E-state index contributed by atoms with van der Waals surface area (Å²) in [6, 6.07) is 114. The number of hydrogen-bond donors (Lipinski definition) is 0. The molecule has 12 aromatic rings. The summed E-state index contributed by atoms with van der Waals surface area (Å²) >= 11 is 0. The smallest absolute Gasteiger partial charge is 0.119 e. The van der Waals surface area contributed by atoms with Crippen LogP contribution in [0.15, 0.2) is 322 Å². The lowest BCUT2D eigenvalue weighted by atomic mass is 9.91. The number of hydrogen-bond acceptors (Lipinski definition) is 4. The summed E-state index contributed by atoms with van der Waals surface area (Å²) in [7, 11) is 3.40. The Morgan fingerprint density at radius 2 is 0.430 bits per heavy atom. The Labute approximate surface area is 506 Å². The summed E-state index contributed by atoms with van der Waals surface area (Å²) in [5.41, 5.74) is 22.2. The lowest BCUT2D eigenvalue weighted by Crippen LogP contribution is -2.09. The second-order valence-electron chi connectivity index (χ2n) is 20.9. The van der Waals surface area contributed by atoms with E-state index in [9.17, 15) is 0 Å². The first-order chi connectivity index (χ1) is 42.5. The van der Waals surface area contributed by atoms with E-state index < -0.39 is 0 Å². The van der Waals surface area contributed by atoms with Crippen molar-refractivity contribution in [2.24, 2.45) is 0 Å². The lowest BCUT2D eigenvalue weighted by Gasteiger charge is -2.26. The van der Waals surface area contributed by atoms with Crippen LogP contribution in [0.4, 0.5) is 34.1 Å². The molecule has 0 unspecified atom stereocenters. The van der Waals surface area contributed by atoms with Crippen LogP contribution in [0, 0.1) is 0 Å². The first kappa shape index (κ1) is 55.3. The van der Waals surface area contributed by atoms with Gasteiger partial charge in [0.2, 0.25) is 0 Å². The molecule has 0 aromatic heterocycles. The largest absolute Gasteiger partial charge is 0.497 e. The fraction of sp³-hybridized carbons (Fsp3) is 0.0244. The van der Waals surface area contributed by atoms with Crippen LogP contribution in [-0.2, 0) is 0 Å². The van der Waals surface area contributed by atoms with Gasteiger partial charge in [0, 0.05) is 34.1 Å². The van der Waals surface area contributed by atoms with Gasteiger partial charge < -0.3 is 19.3 Å². The van der Waals surface area contributed by atoms with Gasteiger partial charge >= 0.3 is 0 Å². The second kappa shape index (κ2) is 26.8. The van der Waals surface area contributed by atoms with Crippen molar-refractivity contribution < 1.29 is 9.47 Å². The second-order valence-corrected chi connectivity index (χ2v) is 20.9. The maximum absolute atomic E-state index is 5.59. The van der Waals surface area contributed by atoms with Gasteiger partial charge in [-0.05, 0) is 193 Å². The van der Waals surface area contributed by atoms with Gasteiger partial charge in [-0.2, -0.15) is 0 Å². The molecule has 4 nitrogen and oxygen atoms in total. The van der Waals surface area contributed by atoms with E-state index in [0.717, 1.165) is 101 Å². The van der Waals surface area contributed by atoms with Crippen LogP contribution in [0.1, 0.15) is 61.2 Å². The lowest BCUT2D eigenvalue weighted by molar-refractivity contribution is 0.414. The van der Waals surface area contributed by atoms with E-state index in [0.29, 0.717) is 0 Å². The molecule has 0 saturated heterocycles. The average molecular weight is 1110 g/mol. The standard InChI is InChI=1S/C82H64N2O2/c1-85-78-54-50-76(51-55-78)83(72-42-30-62(31-43-72)29-28-61-18-8-3-9-19-61)73-46-34-64(35-47-73)59-81(68-24-14-6-15-25-68)70-38-40-71(41-39-70)82(69-26-16-7-17-27-69)60-65-36-48-75(49-37-65)84(77-52-56-79(86-2)57-53-77)74-44-32-63(33-45-74)58-80(66-20-10-4-11-21-66)67-22-12-5-13-23-67/h3-60H,1-2H3. The Bertz CT molecular complexity index is 4200. The van der Waals surface area contributed by atoms with Gasteiger partial charge in [0.1, 0.15) is 11.5 Å². The van der Waals surface area contributed by atoms with Crippen LogP contribution in [0.3, 0.4) is 0 Å². The number of methoxy groups -OCH3 is 2. The van der Waals surface area contributed by atoms with Crippen molar-refractivity contribution >= 4 is 81.2 Å². The molecule has 414 valence electrons. The Hall–Kier alpha value is -11.2. The number of benzene rings is 12. The first-order valence-corrected chi connectivity index (χ1v) is 29.0. The normalized spacial score (nSPS) is 11.5. The highest BCUT2D eigenvalue weighted by molar-refractivity contribution is 5.96. The van der Waals surface area contributed by atoms with Crippen molar-refractivity contribution in [1.29, 1.82) is 0 Å². The molecule has 0 fully saturated rings. The molecule has 0 atom stereocenters. The van der Waals surface area contributed by atoms with Crippen molar-refractivity contribution in [2.45, 2.75) is 0 Å².